The number of rotatable bonds is 2. The van der Waals surface area contributed by atoms with E-state index in [1.807, 2.05) is 0 Å². The largest absolute Gasteiger partial charge is 0.497 e. The third kappa shape index (κ3) is 2.96. The summed E-state index contributed by atoms with van der Waals surface area (Å²) in [7, 11) is 1.53. The predicted octanol–water partition coefficient (Wildman–Crippen LogP) is 0.240. The van der Waals surface area contributed by atoms with Crippen LogP contribution in [-0.4, -0.2) is 43.5 Å². The van der Waals surface area contributed by atoms with Crippen LogP contribution in [0.25, 0.3) is 0 Å². The highest BCUT2D eigenvalue weighted by atomic mass is 16.5. The number of amides is 2. The van der Waals surface area contributed by atoms with E-state index >= 15 is 0 Å². The number of nitrogens with one attached hydrogen (secondary N) is 1. The Labute approximate surface area is 111 Å². The van der Waals surface area contributed by atoms with E-state index in [-0.39, 0.29) is 18.4 Å². The summed E-state index contributed by atoms with van der Waals surface area (Å²) in [5.41, 5.74) is 6.58. The highest BCUT2D eigenvalue weighted by Gasteiger charge is 2.22. The molecule has 6 nitrogen and oxygen atoms in total. The van der Waals surface area contributed by atoms with Crippen LogP contribution < -0.4 is 15.8 Å². The Morgan fingerprint density at radius 3 is 3.00 bits per heavy atom. The molecular formula is C13H17N3O3. The van der Waals surface area contributed by atoms with Crippen LogP contribution in [0.1, 0.15) is 16.8 Å². The summed E-state index contributed by atoms with van der Waals surface area (Å²) < 4.78 is 5.09. The number of hydrogen-bond donors (Lipinski definition) is 2. The zero-order valence-electron chi connectivity index (χ0n) is 10.8. The maximum Gasteiger partial charge on any atom is 0.256 e. The summed E-state index contributed by atoms with van der Waals surface area (Å²) in [6.45, 7) is 1.19. The number of anilines is 1. The number of nitrogens with zero attached hydrogens (tertiary/aromatic N) is 1. The molecule has 0 unspecified atom stereocenters. The molecule has 1 aliphatic heterocycles. The number of ether oxygens (including phenoxy) is 1. The minimum Gasteiger partial charge on any atom is -0.497 e. The van der Waals surface area contributed by atoms with Crippen molar-refractivity contribution in [2.24, 2.45) is 0 Å². The quantitative estimate of drug-likeness (QED) is 0.749. The van der Waals surface area contributed by atoms with Gasteiger partial charge in [0, 0.05) is 18.8 Å². The smallest absolute Gasteiger partial charge is 0.256 e. The van der Waals surface area contributed by atoms with Crippen LogP contribution in [0.3, 0.4) is 0 Å². The molecule has 1 aromatic rings. The first kappa shape index (κ1) is 13.2. The van der Waals surface area contributed by atoms with Crippen molar-refractivity contribution < 1.29 is 14.3 Å². The molecule has 0 spiro atoms. The van der Waals surface area contributed by atoms with Crippen molar-refractivity contribution in [2.45, 2.75) is 6.42 Å². The second kappa shape index (κ2) is 5.60. The van der Waals surface area contributed by atoms with Crippen LogP contribution in [-0.2, 0) is 4.79 Å². The lowest BCUT2D eigenvalue weighted by atomic mass is 10.1. The van der Waals surface area contributed by atoms with Gasteiger partial charge < -0.3 is 20.7 Å². The molecule has 2 rings (SSSR count). The van der Waals surface area contributed by atoms with Gasteiger partial charge in [-0.05, 0) is 24.6 Å². The van der Waals surface area contributed by atoms with Gasteiger partial charge in [-0.15, -0.1) is 0 Å². The standard InChI is InChI=1S/C13H17N3O3/c1-19-9-3-4-11(14)10(7-9)13(18)16-6-2-5-15-12(17)8-16/h3-4,7H,2,5-6,8,14H2,1H3,(H,15,17). The van der Waals surface area contributed by atoms with Gasteiger partial charge in [0.1, 0.15) is 5.75 Å². The van der Waals surface area contributed by atoms with E-state index in [0.29, 0.717) is 30.1 Å². The fourth-order valence-electron chi connectivity index (χ4n) is 2.00. The highest BCUT2D eigenvalue weighted by molar-refractivity contribution is 6.01. The number of methoxy groups -OCH3 is 1. The van der Waals surface area contributed by atoms with E-state index in [1.165, 1.54) is 12.0 Å². The Hall–Kier alpha value is -2.24. The van der Waals surface area contributed by atoms with Crippen molar-refractivity contribution in [3.63, 3.8) is 0 Å². The van der Waals surface area contributed by atoms with Crippen LogP contribution in [0.4, 0.5) is 5.69 Å². The molecule has 3 N–H and O–H groups in total. The van der Waals surface area contributed by atoms with Gasteiger partial charge in [-0.25, -0.2) is 0 Å². The molecular weight excluding hydrogens is 246 g/mol. The normalized spacial score (nSPS) is 15.6. The number of nitrogens with two attached hydrogens (primary N) is 1. The molecule has 0 aromatic heterocycles. The van der Waals surface area contributed by atoms with Crippen LogP contribution in [0.2, 0.25) is 0 Å². The summed E-state index contributed by atoms with van der Waals surface area (Å²) in [5.74, 6) is 0.178. The van der Waals surface area contributed by atoms with Crippen molar-refractivity contribution in [1.29, 1.82) is 0 Å². The molecule has 0 atom stereocenters. The lowest BCUT2D eigenvalue weighted by molar-refractivity contribution is -0.121. The number of nitrogen functional groups attached to an aromatic ring is 1. The summed E-state index contributed by atoms with van der Waals surface area (Å²) in [5, 5.41) is 2.73. The average molecular weight is 263 g/mol. The topological polar surface area (TPSA) is 84.7 Å². The number of carbonyl (C=O) groups is 2. The van der Waals surface area contributed by atoms with E-state index in [2.05, 4.69) is 5.32 Å². The molecule has 0 radical (unpaired) electrons. The lowest BCUT2D eigenvalue weighted by Crippen LogP contribution is -2.37. The molecule has 1 heterocycles. The number of carbonyl (C=O) groups excluding carboxylic acids is 2. The van der Waals surface area contributed by atoms with E-state index < -0.39 is 0 Å². The third-order valence-corrected chi connectivity index (χ3v) is 3.04. The Morgan fingerprint density at radius 1 is 1.47 bits per heavy atom. The van der Waals surface area contributed by atoms with E-state index in [9.17, 15) is 9.59 Å². The zero-order valence-corrected chi connectivity index (χ0v) is 10.8. The van der Waals surface area contributed by atoms with Crippen LogP contribution in [0.15, 0.2) is 18.2 Å². The van der Waals surface area contributed by atoms with Crippen molar-refractivity contribution in [3.05, 3.63) is 23.8 Å². The van der Waals surface area contributed by atoms with Gasteiger partial charge in [-0.2, -0.15) is 0 Å². The molecule has 1 aromatic carbocycles. The maximum absolute atomic E-state index is 12.4. The molecule has 1 saturated heterocycles. The minimum absolute atomic E-state index is 0.0650. The second-order valence-electron chi connectivity index (χ2n) is 4.38. The highest BCUT2D eigenvalue weighted by Crippen LogP contribution is 2.21. The Morgan fingerprint density at radius 2 is 2.26 bits per heavy atom. The molecule has 0 bridgehead atoms. The van der Waals surface area contributed by atoms with Gasteiger partial charge in [0.05, 0.1) is 19.2 Å². The van der Waals surface area contributed by atoms with Crippen LogP contribution in [0.5, 0.6) is 5.75 Å². The Kier molecular flexibility index (Phi) is 3.89. The van der Waals surface area contributed by atoms with Gasteiger partial charge in [-0.1, -0.05) is 0 Å². The minimum atomic E-state index is -0.242. The average Bonchev–Trinajstić information content (AvgIpc) is 2.63. The monoisotopic (exact) mass is 263 g/mol. The lowest BCUT2D eigenvalue weighted by Gasteiger charge is -2.20. The van der Waals surface area contributed by atoms with Crippen LogP contribution in [0, 0.1) is 0 Å². The van der Waals surface area contributed by atoms with Gasteiger partial charge in [0.25, 0.3) is 5.91 Å². The molecule has 2 amide bonds. The van der Waals surface area contributed by atoms with Gasteiger partial charge in [0.15, 0.2) is 0 Å². The van der Waals surface area contributed by atoms with E-state index in [0.717, 1.165) is 6.42 Å². The summed E-state index contributed by atoms with van der Waals surface area (Å²) >= 11 is 0. The van der Waals surface area contributed by atoms with Crippen molar-refractivity contribution in [1.82, 2.24) is 10.2 Å². The van der Waals surface area contributed by atoms with E-state index in [1.54, 1.807) is 18.2 Å². The molecule has 6 heteroatoms. The Balaban J connectivity index is 2.24. The molecule has 1 fully saturated rings. The van der Waals surface area contributed by atoms with Gasteiger partial charge in [-0.3, -0.25) is 9.59 Å². The zero-order chi connectivity index (χ0) is 13.8. The molecule has 0 aliphatic carbocycles. The SMILES string of the molecule is COc1ccc(N)c(C(=O)N2CCCNC(=O)C2)c1. The fraction of sp³-hybridized carbons (Fsp3) is 0.385. The van der Waals surface area contributed by atoms with Gasteiger partial charge >= 0.3 is 0 Å². The first-order valence-corrected chi connectivity index (χ1v) is 6.11. The van der Waals surface area contributed by atoms with Crippen molar-refractivity contribution in [3.8, 4) is 5.75 Å². The third-order valence-electron chi connectivity index (χ3n) is 3.04. The molecule has 1 aliphatic rings. The molecule has 19 heavy (non-hydrogen) atoms. The van der Waals surface area contributed by atoms with E-state index in [4.69, 9.17) is 10.5 Å². The fourth-order valence-corrected chi connectivity index (χ4v) is 2.00. The number of benzene rings is 1. The summed E-state index contributed by atoms with van der Waals surface area (Å²) in [6, 6.07) is 4.92. The molecule has 0 saturated carbocycles. The second-order valence-corrected chi connectivity index (χ2v) is 4.38. The predicted molar refractivity (Wildman–Crippen MR) is 70.9 cm³/mol. The maximum atomic E-state index is 12.4. The summed E-state index contributed by atoms with van der Waals surface area (Å²) in [4.78, 5) is 25.4. The first-order chi connectivity index (χ1) is 9.11. The van der Waals surface area contributed by atoms with Crippen molar-refractivity contribution in [2.75, 3.05) is 32.5 Å². The van der Waals surface area contributed by atoms with Crippen molar-refractivity contribution >= 4 is 17.5 Å². The van der Waals surface area contributed by atoms with Crippen LogP contribution >= 0.6 is 0 Å². The Bertz CT molecular complexity index is 502. The summed E-state index contributed by atoms with van der Waals surface area (Å²) in [6.07, 6.45) is 0.737. The number of hydrogen-bond acceptors (Lipinski definition) is 4. The first-order valence-electron chi connectivity index (χ1n) is 6.11. The van der Waals surface area contributed by atoms with Gasteiger partial charge in [0.2, 0.25) is 5.91 Å². The molecule has 102 valence electrons.